The van der Waals surface area contributed by atoms with Crippen molar-refractivity contribution in [2.45, 2.75) is 31.1 Å². The molecule has 0 fully saturated rings. The maximum absolute atomic E-state index is 6.09. The zero-order chi connectivity index (χ0) is 15.5. The second-order valence-corrected chi connectivity index (χ2v) is 6.90. The van der Waals surface area contributed by atoms with E-state index in [9.17, 15) is 0 Å². The summed E-state index contributed by atoms with van der Waals surface area (Å²) in [6.07, 6.45) is 2.06. The molecule has 0 heterocycles. The van der Waals surface area contributed by atoms with Crippen molar-refractivity contribution in [3.63, 3.8) is 0 Å². The smallest absolute Gasteiger partial charge is 0.131 e. The van der Waals surface area contributed by atoms with Gasteiger partial charge < -0.3 is 5.73 Å². The van der Waals surface area contributed by atoms with E-state index in [4.69, 9.17) is 5.73 Å². The maximum atomic E-state index is 6.09. The third-order valence-corrected chi connectivity index (χ3v) is 4.11. The lowest BCUT2D eigenvalue weighted by Crippen LogP contribution is -2.12. The molecule has 110 valence electrons. The number of nitrogens with two attached hydrogens (primary N) is 1. The fourth-order valence-electron chi connectivity index (χ4n) is 2.00. The topological polar surface area (TPSA) is 38.4 Å². The van der Waals surface area contributed by atoms with Crippen LogP contribution in [0.2, 0.25) is 0 Å². The molecule has 0 unspecified atom stereocenters. The van der Waals surface area contributed by atoms with E-state index in [1.54, 1.807) is 11.8 Å². The molecule has 21 heavy (non-hydrogen) atoms. The summed E-state index contributed by atoms with van der Waals surface area (Å²) in [5, 5.41) is 0. The Bertz CT molecular complexity index is 620. The molecule has 0 aliphatic carbocycles. The average molecular weight is 298 g/mol. The summed E-state index contributed by atoms with van der Waals surface area (Å²) in [4.78, 5) is 5.72. The fourth-order valence-corrected chi connectivity index (χ4v) is 2.41. The maximum Gasteiger partial charge on any atom is 0.131 e. The Hall–Kier alpha value is -1.74. The van der Waals surface area contributed by atoms with Crippen LogP contribution in [0.4, 0.5) is 5.69 Å². The normalized spacial score (nSPS) is 12.5. The van der Waals surface area contributed by atoms with Crippen molar-refractivity contribution in [3.05, 3.63) is 59.7 Å². The molecule has 0 bridgehead atoms. The molecule has 0 aliphatic rings. The first kappa shape index (κ1) is 15.6. The van der Waals surface area contributed by atoms with Crippen LogP contribution >= 0.6 is 11.8 Å². The quantitative estimate of drug-likeness (QED) is 0.505. The molecule has 0 amide bonds. The van der Waals surface area contributed by atoms with Crippen molar-refractivity contribution in [1.29, 1.82) is 0 Å². The van der Waals surface area contributed by atoms with Crippen LogP contribution in [0.25, 0.3) is 0 Å². The summed E-state index contributed by atoms with van der Waals surface area (Å²) >= 11 is 1.72. The van der Waals surface area contributed by atoms with E-state index >= 15 is 0 Å². The van der Waals surface area contributed by atoms with Crippen LogP contribution < -0.4 is 5.73 Å². The van der Waals surface area contributed by atoms with Gasteiger partial charge in [0.25, 0.3) is 0 Å². The third kappa shape index (κ3) is 4.11. The average Bonchev–Trinajstić information content (AvgIpc) is 2.47. The molecule has 0 spiro atoms. The second kappa shape index (κ2) is 6.35. The zero-order valence-electron chi connectivity index (χ0n) is 13.1. The van der Waals surface area contributed by atoms with Crippen LogP contribution in [0.1, 0.15) is 31.9 Å². The predicted molar refractivity (Wildman–Crippen MR) is 93.7 cm³/mol. The number of benzene rings is 2. The van der Waals surface area contributed by atoms with Gasteiger partial charge in [0.15, 0.2) is 0 Å². The standard InChI is InChI=1S/C18H22N2S/c1-18(2,3)14-7-9-15(10-8-14)20-17(19)13-5-11-16(21-4)12-6-13/h5-12H,1-4H3,(H2,19,20). The van der Waals surface area contributed by atoms with E-state index in [1.165, 1.54) is 10.5 Å². The second-order valence-electron chi connectivity index (χ2n) is 6.02. The van der Waals surface area contributed by atoms with Crippen LogP contribution in [0.15, 0.2) is 58.4 Å². The summed E-state index contributed by atoms with van der Waals surface area (Å²) in [5.74, 6) is 0.547. The van der Waals surface area contributed by atoms with E-state index in [0.29, 0.717) is 5.84 Å². The molecule has 0 aromatic heterocycles. The monoisotopic (exact) mass is 298 g/mol. The predicted octanol–water partition coefficient (Wildman–Crippen LogP) is 4.74. The Morgan fingerprint density at radius 1 is 0.952 bits per heavy atom. The summed E-state index contributed by atoms with van der Waals surface area (Å²) in [7, 11) is 0. The van der Waals surface area contributed by atoms with Gasteiger partial charge in [-0.2, -0.15) is 0 Å². The molecular formula is C18H22N2S. The Morgan fingerprint density at radius 2 is 1.52 bits per heavy atom. The van der Waals surface area contributed by atoms with Crippen molar-refractivity contribution in [3.8, 4) is 0 Å². The van der Waals surface area contributed by atoms with Crippen molar-refractivity contribution < 1.29 is 0 Å². The van der Waals surface area contributed by atoms with E-state index in [2.05, 4.69) is 56.3 Å². The Morgan fingerprint density at radius 3 is 2.00 bits per heavy atom. The molecule has 2 aromatic carbocycles. The number of hydrogen-bond acceptors (Lipinski definition) is 2. The van der Waals surface area contributed by atoms with Gasteiger partial charge in [-0.3, -0.25) is 0 Å². The minimum absolute atomic E-state index is 0.154. The van der Waals surface area contributed by atoms with Gasteiger partial charge in [-0.15, -0.1) is 11.8 Å². The molecule has 2 nitrogen and oxygen atoms in total. The summed E-state index contributed by atoms with van der Waals surface area (Å²) < 4.78 is 0. The van der Waals surface area contributed by atoms with E-state index in [1.807, 2.05) is 24.3 Å². The molecule has 2 N–H and O–H groups in total. The van der Waals surface area contributed by atoms with Gasteiger partial charge >= 0.3 is 0 Å². The molecule has 0 saturated heterocycles. The SMILES string of the molecule is CSc1ccc(C(N)=Nc2ccc(C(C)(C)C)cc2)cc1. The van der Waals surface area contributed by atoms with E-state index in [-0.39, 0.29) is 5.41 Å². The molecular weight excluding hydrogens is 276 g/mol. The van der Waals surface area contributed by atoms with Gasteiger partial charge in [-0.05, 0) is 41.5 Å². The van der Waals surface area contributed by atoms with Crippen LogP contribution in [0, 0.1) is 0 Å². The number of amidine groups is 1. The highest BCUT2D eigenvalue weighted by Crippen LogP contribution is 2.24. The van der Waals surface area contributed by atoms with Crippen molar-refractivity contribution in [2.75, 3.05) is 6.26 Å². The molecule has 3 heteroatoms. The summed E-state index contributed by atoms with van der Waals surface area (Å²) in [6, 6.07) is 16.4. The first-order valence-corrected chi connectivity index (χ1v) is 8.22. The van der Waals surface area contributed by atoms with Gasteiger partial charge in [-0.25, -0.2) is 4.99 Å². The number of hydrogen-bond donors (Lipinski definition) is 1. The number of nitrogens with zero attached hydrogens (tertiary/aromatic N) is 1. The minimum Gasteiger partial charge on any atom is -0.383 e. The minimum atomic E-state index is 0.154. The van der Waals surface area contributed by atoms with E-state index < -0.39 is 0 Å². The molecule has 2 aromatic rings. The van der Waals surface area contributed by atoms with Gasteiger partial charge in [0.2, 0.25) is 0 Å². The number of rotatable bonds is 3. The first-order valence-electron chi connectivity index (χ1n) is 6.99. The summed E-state index contributed by atoms with van der Waals surface area (Å²) in [5.41, 5.74) is 9.37. The molecule has 2 rings (SSSR count). The van der Waals surface area contributed by atoms with Crippen molar-refractivity contribution >= 4 is 23.3 Å². The van der Waals surface area contributed by atoms with Gasteiger partial charge in [-0.1, -0.05) is 45.0 Å². The van der Waals surface area contributed by atoms with Gasteiger partial charge in [0.05, 0.1) is 5.69 Å². The lowest BCUT2D eigenvalue weighted by Gasteiger charge is -2.18. The summed E-state index contributed by atoms with van der Waals surface area (Å²) in [6.45, 7) is 6.60. The van der Waals surface area contributed by atoms with Crippen LogP contribution in [-0.2, 0) is 5.41 Å². The van der Waals surface area contributed by atoms with Crippen LogP contribution in [0.5, 0.6) is 0 Å². The Kier molecular flexibility index (Phi) is 4.73. The van der Waals surface area contributed by atoms with Gasteiger partial charge in [0, 0.05) is 10.5 Å². The number of thioether (sulfide) groups is 1. The lowest BCUT2D eigenvalue weighted by molar-refractivity contribution is 0.590. The Balaban J connectivity index is 2.21. The highest BCUT2D eigenvalue weighted by Gasteiger charge is 2.12. The van der Waals surface area contributed by atoms with Crippen LogP contribution in [-0.4, -0.2) is 12.1 Å². The lowest BCUT2D eigenvalue weighted by atomic mass is 9.87. The zero-order valence-corrected chi connectivity index (χ0v) is 13.9. The first-order chi connectivity index (χ1) is 9.90. The van der Waals surface area contributed by atoms with E-state index in [0.717, 1.165) is 11.3 Å². The molecule has 0 aliphatic heterocycles. The molecule has 0 radical (unpaired) electrons. The van der Waals surface area contributed by atoms with Crippen molar-refractivity contribution in [2.24, 2.45) is 10.7 Å². The highest BCUT2D eigenvalue weighted by atomic mass is 32.2. The number of aliphatic imine (C=N–C) groups is 1. The fraction of sp³-hybridized carbons (Fsp3) is 0.278. The Labute approximate surface area is 131 Å². The van der Waals surface area contributed by atoms with Crippen LogP contribution in [0.3, 0.4) is 0 Å². The molecule has 0 atom stereocenters. The highest BCUT2D eigenvalue weighted by molar-refractivity contribution is 7.98. The third-order valence-electron chi connectivity index (χ3n) is 3.37. The van der Waals surface area contributed by atoms with Crippen molar-refractivity contribution in [1.82, 2.24) is 0 Å². The van der Waals surface area contributed by atoms with Gasteiger partial charge in [0.1, 0.15) is 5.84 Å². The largest absolute Gasteiger partial charge is 0.383 e. The molecule has 0 saturated carbocycles.